The minimum atomic E-state index is -0.247. The number of carbonyl (C=O) groups excluding carboxylic acids is 1. The zero-order valence-electron chi connectivity index (χ0n) is 12.3. The standard InChI is InChI=1S/C15H18N4O3/c1-19-11(6-7-18-19)8-16-15(20)17-9-12-10-21-13-4-2-3-5-14(13)22-12/h2-7,12H,8-10H2,1H3,(H2,16,17,20). The lowest BCUT2D eigenvalue weighted by Gasteiger charge is -2.26. The molecule has 0 saturated heterocycles. The van der Waals surface area contributed by atoms with Gasteiger partial charge in [-0.15, -0.1) is 0 Å². The summed E-state index contributed by atoms with van der Waals surface area (Å²) in [5, 5.41) is 9.60. The first-order chi connectivity index (χ1) is 10.7. The van der Waals surface area contributed by atoms with Crippen molar-refractivity contribution in [1.82, 2.24) is 20.4 Å². The summed E-state index contributed by atoms with van der Waals surface area (Å²) < 4.78 is 13.1. The van der Waals surface area contributed by atoms with Crippen molar-refractivity contribution >= 4 is 6.03 Å². The lowest BCUT2D eigenvalue weighted by Crippen LogP contribution is -2.44. The zero-order valence-corrected chi connectivity index (χ0v) is 12.3. The number of aryl methyl sites for hydroxylation is 1. The van der Waals surface area contributed by atoms with Crippen molar-refractivity contribution in [2.75, 3.05) is 13.2 Å². The van der Waals surface area contributed by atoms with Gasteiger partial charge in [0.25, 0.3) is 0 Å². The van der Waals surface area contributed by atoms with E-state index >= 15 is 0 Å². The maximum absolute atomic E-state index is 11.8. The summed E-state index contributed by atoms with van der Waals surface area (Å²) in [7, 11) is 1.83. The van der Waals surface area contributed by atoms with Gasteiger partial charge in [0.05, 0.1) is 18.8 Å². The molecule has 2 N–H and O–H groups in total. The maximum Gasteiger partial charge on any atom is 0.315 e. The van der Waals surface area contributed by atoms with E-state index in [1.165, 1.54) is 0 Å². The van der Waals surface area contributed by atoms with Crippen molar-refractivity contribution in [3.05, 3.63) is 42.2 Å². The number of benzene rings is 1. The van der Waals surface area contributed by atoms with E-state index in [4.69, 9.17) is 9.47 Å². The molecule has 2 aromatic rings. The van der Waals surface area contributed by atoms with Crippen LogP contribution < -0.4 is 20.1 Å². The van der Waals surface area contributed by atoms with E-state index in [0.29, 0.717) is 25.4 Å². The van der Waals surface area contributed by atoms with Gasteiger partial charge < -0.3 is 20.1 Å². The van der Waals surface area contributed by atoms with Crippen LogP contribution >= 0.6 is 0 Å². The van der Waals surface area contributed by atoms with E-state index in [2.05, 4.69) is 15.7 Å². The summed E-state index contributed by atoms with van der Waals surface area (Å²) in [4.78, 5) is 11.8. The fourth-order valence-electron chi connectivity index (χ4n) is 2.18. The van der Waals surface area contributed by atoms with Gasteiger partial charge in [0.1, 0.15) is 6.61 Å². The lowest BCUT2D eigenvalue weighted by molar-refractivity contribution is 0.0918. The van der Waals surface area contributed by atoms with Crippen molar-refractivity contribution < 1.29 is 14.3 Å². The summed E-state index contributed by atoms with van der Waals surface area (Å²) in [5.41, 5.74) is 0.932. The Morgan fingerprint density at radius 2 is 2.14 bits per heavy atom. The second-order valence-electron chi connectivity index (χ2n) is 5.01. The fourth-order valence-corrected chi connectivity index (χ4v) is 2.18. The molecule has 1 aliphatic heterocycles. The van der Waals surface area contributed by atoms with E-state index in [1.807, 2.05) is 37.4 Å². The number of fused-ring (bicyclic) bond motifs is 1. The molecule has 116 valence electrons. The van der Waals surface area contributed by atoms with Gasteiger partial charge >= 0.3 is 6.03 Å². The number of hydrogen-bond donors (Lipinski definition) is 2. The molecule has 1 aromatic heterocycles. The third kappa shape index (κ3) is 3.30. The first-order valence-electron chi connectivity index (χ1n) is 7.09. The topological polar surface area (TPSA) is 77.4 Å². The third-order valence-electron chi connectivity index (χ3n) is 3.41. The second kappa shape index (κ2) is 6.38. The molecular weight excluding hydrogens is 284 g/mol. The number of urea groups is 1. The summed E-state index contributed by atoms with van der Waals surface area (Å²) in [5.74, 6) is 1.44. The Morgan fingerprint density at radius 3 is 2.91 bits per heavy atom. The molecule has 1 aliphatic rings. The summed E-state index contributed by atoms with van der Waals surface area (Å²) in [6, 6.07) is 9.10. The molecule has 7 heteroatoms. The van der Waals surface area contributed by atoms with Crippen LogP contribution in [0.25, 0.3) is 0 Å². The third-order valence-corrected chi connectivity index (χ3v) is 3.41. The highest BCUT2D eigenvalue weighted by Gasteiger charge is 2.20. The molecule has 0 fully saturated rings. The highest BCUT2D eigenvalue weighted by Crippen LogP contribution is 2.30. The minimum absolute atomic E-state index is 0.197. The van der Waals surface area contributed by atoms with Crippen molar-refractivity contribution in [2.45, 2.75) is 12.6 Å². The van der Waals surface area contributed by atoms with Gasteiger partial charge in [-0.05, 0) is 18.2 Å². The van der Waals surface area contributed by atoms with Gasteiger partial charge in [0, 0.05) is 13.2 Å². The maximum atomic E-state index is 11.8. The Balaban J connectivity index is 1.43. The molecule has 0 bridgehead atoms. The first kappa shape index (κ1) is 14.2. The monoisotopic (exact) mass is 302 g/mol. The fraction of sp³-hybridized carbons (Fsp3) is 0.333. The Bertz CT molecular complexity index is 656. The Labute approximate surface area is 128 Å². The van der Waals surface area contributed by atoms with Gasteiger partial charge in [-0.25, -0.2) is 4.79 Å². The molecule has 0 radical (unpaired) electrons. The van der Waals surface area contributed by atoms with Crippen LogP contribution in [0.3, 0.4) is 0 Å². The molecule has 2 heterocycles. The van der Waals surface area contributed by atoms with Crippen molar-refractivity contribution in [2.24, 2.45) is 7.05 Å². The number of rotatable bonds is 4. The molecule has 1 unspecified atom stereocenters. The minimum Gasteiger partial charge on any atom is -0.486 e. The van der Waals surface area contributed by atoms with Crippen LogP contribution in [0.1, 0.15) is 5.69 Å². The summed E-state index contributed by atoms with van der Waals surface area (Å²) in [6.45, 7) is 1.22. The SMILES string of the molecule is Cn1nccc1CNC(=O)NCC1COc2ccccc2O1. The highest BCUT2D eigenvalue weighted by atomic mass is 16.6. The number of aromatic nitrogens is 2. The largest absolute Gasteiger partial charge is 0.486 e. The van der Waals surface area contributed by atoms with Crippen LogP contribution in [-0.2, 0) is 13.6 Å². The smallest absolute Gasteiger partial charge is 0.315 e. The van der Waals surface area contributed by atoms with E-state index in [9.17, 15) is 4.79 Å². The van der Waals surface area contributed by atoms with Crippen LogP contribution in [-0.4, -0.2) is 35.1 Å². The molecule has 1 aromatic carbocycles. The lowest BCUT2D eigenvalue weighted by atomic mass is 10.2. The average Bonchev–Trinajstić information content (AvgIpc) is 2.96. The molecule has 0 spiro atoms. The quantitative estimate of drug-likeness (QED) is 0.885. The average molecular weight is 302 g/mol. The van der Waals surface area contributed by atoms with Gasteiger partial charge in [-0.2, -0.15) is 5.10 Å². The normalized spacial score (nSPS) is 16.1. The Morgan fingerprint density at radius 1 is 1.32 bits per heavy atom. The Kier molecular flexibility index (Phi) is 4.13. The number of nitrogens with one attached hydrogen (secondary N) is 2. The number of carbonyl (C=O) groups is 1. The van der Waals surface area contributed by atoms with Gasteiger partial charge in [-0.3, -0.25) is 4.68 Å². The van der Waals surface area contributed by atoms with Crippen molar-refractivity contribution in [3.63, 3.8) is 0 Å². The van der Waals surface area contributed by atoms with E-state index in [0.717, 1.165) is 11.4 Å². The molecule has 2 amide bonds. The van der Waals surface area contributed by atoms with Crippen LogP contribution in [0, 0.1) is 0 Å². The number of amides is 2. The van der Waals surface area contributed by atoms with Crippen LogP contribution in [0.4, 0.5) is 4.79 Å². The molecule has 3 rings (SSSR count). The molecule has 1 atom stereocenters. The van der Waals surface area contributed by atoms with Crippen molar-refractivity contribution in [1.29, 1.82) is 0 Å². The predicted octanol–water partition coefficient (Wildman–Crippen LogP) is 1.06. The molecular formula is C15H18N4O3. The zero-order chi connectivity index (χ0) is 15.4. The van der Waals surface area contributed by atoms with Gasteiger partial charge in [-0.1, -0.05) is 12.1 Å². The van der Waals surface area contributed by atoms with E-state index in [1.54, 1.807) is 10.9 Å². The Hall–Kier alpha value is -2.70. The van der Waals surface area contributed by atoms with Gasteiger partial charge in [0.15, 0.2) is 17.6 Å². The summed E-state index contributed by atoms with van der Waals surface area (Å²) >= 11 is 0. The number of ether oxygens (including phenoxy) is 2. The predicted molar refractivity (Wildman–Crippen MR) is 79.8 cm³/mol. The highest BCUT2D eigenvalue weighted by molar-refractivity contribution is 5.73. The molecule has 0 saturated carbocycles. The number of para-hydroxylation sites is 2. The first-order valence-corrected chi connectivity index (χ1v) is 7.09. The van der Waals surface area contributed by atoms with Gasteiger partial charge in [0.2, 0.25) is 0 Å². The van der Waals surface area contributed by atoms with Crippen LogP contribution in [0.5, 0.6) is 11.5 Å². The molecule has 0 aliphatic carbocycles. The number of hydrogen-bond acceptors (Lipinski definition) is 4. The van der Waals surface area contributed by atoms with Crippen LogP contribution in [0.15, 0.2) is 36.5 Å². The molecule has 7 nitrogen and oxygen atoms in total. The number of nitrogens with zero attached hydrogens (tertiary/aromatic N) is 2. The van der Waals surface area contributed by atoms with E-state index < -0.39 is 0 Å². The molecule has 22 heavy (non-hydrogen) atoms. The second-order valence-corrected chi connectivity index (χ2v) is 5.01. The van der Waals surface area contributed by atoms with Crippen molar-refractivity contribution in [3.8, 4) is 11.5 Å². The summed E-state index contributed by atoms with van der Waals surface area (Å²) in [6.07, 6.45) is 1.50. The van der Waals surface area contributed by atoms with E-state index in [-0.39, 0.29) is 12.1 Å². The van der Waals surface area contributed by atoms with Crippen LogP contribution in [0.2, 0.25) is 0 Å².